The molecule has 0 saturated carbocycles. The summed E-state index contributed by atoms with van der Waals surface area (Å²) in [6.45, 7) is 9.11. The summed E-state index contributed by atoms with van der Waals surface area (Å²) in [4.78, 5) is 4.59. The molecule has 0 atom stereocenters. The summed E-state index contributed by atoms with van der Waals surface area (Å²) in [6, 6.07) is 0. The quantitative estimate of drug-likeness (QED) is 0.421. The molecule has 1 rings (SSSR count). The van der Waals surface area contributed by atoms with E-state index in [-0.39, 0.29) is 0 Å². The Morgan fingerprint density at radius 1 is 1.24 bits per heavy atom. The highest BCUT2D eigenvalue weighted by atomic mass is 19.5. The highest BCUT2D eigenvalue weighted by Crippen LogP contribution is 2.07. The number of unbranched alkanes of at least 4 members (excludes halogenated alkanes) is 1. The van der Waals surface area contributed by atoms with Crippen molar-refractivity contribution in [3.8, 4) is 0 Å². The average molecular weight is 253 g/mol. The lowest BCUT2D eigenvalue weighted by Crippen LogP contribution is -2.25. The van der Waals surface area contributed by atoms with Crippen LogP contribution in [0, 0.1) is 0 Å². The monoisotopic (exact) mass is 253 g/mol. The summed E-state index contributed by atoms with van der Waals surface area (Å²) >= 11 is 0. The minimum absolute atomic E-state index is 0.957. The van der Waals surface area contributed by atoms with E-state index < -0.39 is 7.25 Å². The number of hydrogen-bond donors (Lipinski definition) is 0. The van der Waals surface area contributed by atoms with E-state index in [1.165, 1.54) is 19.4 Å². The van der Waals surface area contributed by atoms with Gasteiger partial charge in [-0.25, -0.2) is 0 Å². The first kappa shape index (κ1) is 15.9. The second-order valence-electron chi connectivity index (χ2n) is 3.66. The first-order chi connectivity index (χ1) is 7.86. The molecule has 0 amide bonds. The smallest absolute Gasteiger partial charge is 0.418 e. The van der Waals surface area contributed by atoms with Crippen LogP contribution in [0.4, 0.5) is 17.3 Å². The largest absolute Gasteiger partial charge is 0.673 e. The zero-order valence-electron chi connectivity index (χ0n) is 9.96. The van der Waals surface area contributed by atoms with E-state index in [9.17, 15) is 17.3 Å². The molecule has 7 heteroatoms. The molecule has 0 aromatic heterocycles. The maximum Gasteiger partial charge on any atom is 0.673 e. The zero-order valence-corrected chi connectivity index (χ0v) is 9.96. The average Bonchev–Trinajstić information content (AvgIpc) is 2.61. The van der Waals surface area contributed by atoms with Crippen molar-refractivity contribution in [1.82, 2.24) is 9.80 Å². The molecule has 2 nitrogen and oxygen atoms in total. The van der Waals surface area contributed by atoms with E-state index in [2.05, 4.69) is 35.7 Å². The lowest BCUT2D eigenvalue weighted by molar-refractivity contribution is 0.278. The van der Waals surface area contributed by atoms with Crippen LogP contribution >= 0.6 is 0 Å². The van der Waals surface area contributed by atoms with Gasteiger partial charge in [-0.15, -0.1) is 6.58 Å². The van der Waals surface area contributed by atoms with Gasteiger partial charge in [0, 0.05) is 25.5 Å². The van der Waals surface area contributed by atoms with Gasteiger partial charge in [0.2, 0.25) is 0 Å². The van der Waals surface area contributed by atoms with E-state index in [4.69, 9.17) is 0 Å². The summed E-state index contributed by atoms with van der Waals surface area (Å²) in [5.41, 5.74) is 0. The molecule has 0 fully saturated rings. The van der Waals surface area contributed by atoms with Crippen molar-refractivity contribution in [1.29, 1.82) is 0 Å². The standard InChI is InChI=1S/C10H18N2.BF4/c1-3-5-7-12-9-8-11(10-12)6-4-2;2-1(3,4)5/h4,8-9H,2-3,5-7,10H2,1H3;/q;-1. The molecule has 0 aliphatic carbocycles. The maximum absolute atomic E-state index is 9.75. The Kier molecular flexibility index (Phi) is 7.49. The molecule has 1 heterocycles. The molecular formula is C10H18BF4N2-. The molecule has 1 aliphatic heterocycles. The Balaban J connectivity index is 0.000000437. The van der Waals surface area contributed by atoms with Crippen LogP contribution in [0.2, 0.25) is 0 Å². The lowest BCUT2D eigenvalue weighted by Gasteiger charge is -2.19. The van der Waals surface area contributed by atoms with Crippen LogP contribution in [0.3, 0.4) is 0 Å². The van der Waals surface area contributed by atoms with Crippen LogP contribution < -0.4 is 0 Å². The van der Waals surface area contributed by atoms with Crippen molar-refractivity contribution in [3.63, 3.8) is 0 Å². The molecule has 0 N–H and O–H groups in total. The first-order valence-corrected chi connectivity index (χ1v) is 5.51. The molecule has 0 saturated heterocycles. The summed E-state index contributed by atoms with van der Waals surface area (Å²) in [6.07, 6.45) is 8.79. The first-order valence-electron chi connectivity index (χ1n) is 5.51. The van der Waals surface area contributed by atoms with Crippen LogP contribution in [0.5, 0.6) is 0 Å². The second-order valence-corrected chi connectivity index (χ2v) is 3.66. The molecule has 0 aromatic carbocycles. The fourth-order valence-corrected chi connectivity index (χ4v) is 1.31. The fraction of sp³-hybridized carbons (Fsp3) is 0.600. The third-order valence-corrected chi connectivity index (χ3v) is 2.01. The summed E-state index contributed by atoms with van der Waals surface area (Å²) < 4.78 is 39.0. The van der Waals surface area contributed by atoms with Crippen LogP contribution in [0.15, 0.2) is 25.1 Å². The molecule has 0 radical (unpaired) electrons. The normalized spacial score (nSPS) is 14.6. The highest BCUT2D eigenvalue weighted by molar-refractivity contribution is 6.50. The fourth-order valence-electron chi connectivity index (χ4n) is 1.31. The van der Waals surface area contributed by atoms with Crippen molar-refractivity contribution < 1.29 is 17.3 Å². The zero-order chi connectivity index (χ0) is 13.3. The molecule has 0 unspecified atom stereocenters. The van der Waals surface area contributed by atoms with Gasteiger partial charge >= 0.3 is 7.25 Å². The minimum atomic E-state index is -6.00. The Bertz CT molecular complexity index is 237. The molecule has 0 spiro atoms. The summed E-state index contributed by atoms with van der Waals surface area (Å²) in [5, 5.41) is 0. The van der Waals surface area contributed by atoms with Gasteiger partial charge in [-0.1, -0.05) is 19.4 Å². The summed E-state index contributed by atoms with van der Waals surface area (Å²) in [7, 11) is -6.00. The van der Waals surface area contributed by atoms with Crippen molar-refractivity contribution >= 4 is 7.25 Å². The SMILES string of the molecule is C=CCN1C=CN(CCCC)C1.F[B-](F)(F)F. The van der Waals surface area contributed by atoms with Crippen molar-refractivity contribution in [2.45, 2.75) is 19.8 Å². The van der Waals surface area contributed by atoms with E-state index >= 15 is 0 Å². The minimum Gasteiger partial charge on any atom is -0.418 e. The Hall–Kier alpha value is -1.14. The van der Waals surface area contributed by atoms with Crippen LogP contribution in [0.25, 0.3) is 0 Å². The topological polar surface area (TPSA) is 6.48 Å². The van der Waals surface area contributed by atoms with Gasteiger partial charge in [-0.3, -0.25) is 0 Å². The number of halogens is 4. The third-order valence-electron chi connectivity index (χ3n) is 2.01. The Labute approximate surface area is 99.7 Å². The highest BCUT2D eigenvalue weighted by Gasteiger charge is 2.20. The van der Waals surface area contributed by atoms with Crippen LogP contribution in [-0.4, -0.2) is 36.8 Å². The van der Waals surface area contributed by atoms with E-state index in [0.29, 0.717) is 0 Å². The number of nitrogens with zero attached hydrogens (tertiary/aromatic N) is 2. The van der Waals surface area contributed by atoms with Crippen LogP contribution in [0.1, 0.15) is 19.8 Å². The van der Waals surface area contributed by atoms with Crippen molar-refractivity contribution in [2.75, 3.05) is 19.8 Å². The number of hydrogen-bond acceptors (Lipinski definition) is 2. The van der Waals surface area contributed by atoms with Gasteiger partial charge in [0.05, 0.1) is 6.67 Å². The Morgan fingerprint density at radius 3 is 2.24 bits per heavy atom. The van der Waals surface area contributed by atoms with E-state index in [1.807, 2.05) is 6.08 Å². The lowest BCUT2D eigenvalue weighted by atomic mass is 10.3. The second kappa shape index (κ2) is 8.03. The molecule has 17 heavy (non-hydrogen) atoms. The van der Waals surface area contributed by atoms with Gasteiger partial charge in [0.15, 0.2) is 0 Å². The molecular weight excluding hydrogens is 235 g/mol. The van der Waals surface area contributed by atoms with E-state index in [1.54, 1.807) is 0 Å². The molecule has 0 bridgehead atoms. The van der Waals surface area contributed by atoms with Gasteiger partial charge in [-0.2, -0.15) is 0 Å². The number of rotatable bonds is 5. The van der Waals surface area contributed by atoms with Crippen molar-refractivity contribution in [3.05, 3.63) is 25.1 Å². The summed E-state index contributed by atoms with van der Waals surface area (Å²) in [5.74, 6) is 0. The molecule has 1 aliphatic rings. The third kappa shape index (κ3) is 11.1. The van der Waals surface area contributed by atoms with Gasteiger partial charge in [0.25, 0.3) is 0 Å². The molecule has 100 valence electrons. The van der Waals surface area contributed by atoms with E-state index in [0.717, 1.165) is 13.2 Å². The Morgan fingerprint density at radius 2 is 1.76 bits per heavy atom. The predicted octanol–water partition coefficient (Wildman–Crippen LogP) is 3.32. The van der Waals surface area contributed by atoms with Gasteiger partial charge < -0.3 is 27.1 Å². The van der Waals surface area contributed by atoms with Gasteiger partial charge in [0.1, 0.15) is 0 Å². The van der Waals surface area contributed by atoms with Crippen LogP contribution in [-0.2, 0) is 0 Å². The van der Waals surface area contributed by atoms with Gasteiger partial charge in [-0.05, 0) is 6.42 Å². The molecule has 0 aromatic rings. The van der Waals surface area contributed by atoms with Crippen molar-refractivity contribution in [2.24, 2.45) is 0 Å². The predicted molar refractivity (Wildman–Crippen MR) is 62.7 cm³/mol. The maximum atomic E-state index is 9.75.